The molecule has 0 atom stereocenters. The van der Waals surface area contributed by atoms with E-state index < -0.39 is 0 Å². The fraction of sp³-hybridized carbons (Fsp3) is 0.556. The van der Waals surface area contributed by atoms with Crippen LogP contribution in [0.4, 0.5) is 0 Å². The van der Waals surface area contributed by atoms with Crippen LogP contribution in [0, 0.1) is 23.2 Å². The van der Waals surface area contributed by atoms with Gasteiger partial charge in [0.25, 0.3) is 0 Å². The van der Waals surface area contributed by atoms with Crippen molar-refractivity contribution in [1.82, 2.24) is 0 Å². The molecule has 6 rings (SSSR count). The Kier molecular flexibility index (Phi) is 2.70. The number of aliphatic imine (C=N–C) groups is 1. The van der Waals surface area contributed by atoms with Crippen molar-refractivity contribution in [3.63, 3.8) is 0 Å². The predicted octanol–water partition coefficient (Wildman–Crippen LogP) is 4.26. The van der Waals surface area contributed by atoms with E-state index in [9.17, 15) is 4.79 Å². The van der Waals surface area contributed by atoms with Gasteiger partial charge in [0.05, 0.1) is 0 Å². The van der Waals surface area contributed by atoms with Gasteiger partial charge in [0, 0.05) is 5.41 Å². The Morgan fingerprint density at radius 2 is 1.86 bits per heavy atom. The van der Waals surface area contributed by atoms with Gasteiger partial charge in [-0.05, 0) is 84.7 Å². The largest absolute Gasteiger partial charge is 0.406 e. The van der Waals surface area contributed by atoms with E-state index in [-0.39, 0.29) is 11.4 Å². The second-order valence-corrected chi connectivity index (χ2v) is 8.37. The highest BCUT2D eigenvalue weighted by molar-refractivity contribution is 7.08. The fourth-order valence-corrected chi connectivity index (χ4v) is 6.14. The normalized spacial score (nSPS) is 41.1. The second kappa shape index (κ2) is 4.54. The average Bonchev–Trinajstić information content (AvgIpc) is 3.09. The highest BCUT2D eigenvalue weighted by Gasteiger charge is 2.55. The summed E-state index contributed by atoms with van der Waals surface area (Å²) in [6, 6.07) is 2.00. The molecule has 0 saturated heterocycles. The molecule has 4 fully saturated rings. The number of hydrogen-bond acceptors (Lipinski definition) is 4. The van der Waals surface area contributed by atoms with Gasteiger partial charge in [-0.15, -0.1) is 0 Å². The Bertz CT molecular complexity index is 651. The summed E-state index contributed by atoms with van der Waals surface area (Å²) in [7, 11) is 0. The van der Waals surface area contributed by atoms with Gasteiger partial charge in [0.1, 0.15) is 0 Å². The topological polar surface area (TPSA) is 38.7 Å². The summed E-state index contributed by atoms with van der Waals surface area (Å²) in [6.45, 7) is 0. The van der Waals surface area contributed by atoms with Crippen LogP contribution >= 0.6 is 11.3 Å². The van der Waals surface area contributed by atoms with Crippen molar-refractivity contribution in [3.05, 3.63) is 28.1 Å². The first kappa shape index (κ1) is 13.1. The van der Waals surface area contributed by atoms with Crippen molar-refractivity contribution in [2.24, 2.45) is 28.2 Å². The van der Waals surface area contributed by atoms with E-state index in [2.05, 4.69) is 4.99 Å². The molecule has 4 bridgehead atoms. The summed E-state index contributed by atoms with van der Waals surface area (Å²) in [5.74, 6) is 2.96. The van der Waals surface area contributed by atoms with Gasteiger partial charge in [0.2, 0.25) is 5.90 Å². The Balaban J connectivity index is 1.50. The van der Waals surface area contributed by atoms with E-state index in [1.54, 1.807) is 11.3 Å². The van der Waals surface area contributed by atoms with Gasteiger partial charge in [-0.1, -0.05) is 0 Å². The summed E-state index contributed by atoms with van der Waals surface area (Å²) < 4.78 is 5.65. The molecular weight excluding hydrogens is 294 g/mol. The van der Waals surface area contributed by atoms with Gasteiger partial charge in [0.15, 0.2) is 5.70 Å². The monoisotopic (exact) mass is 313 g/mol. The van der Waals surface area contributed by atoms with Gasteiger partial charge in [-0.25, -0.2) is 9.79 Å². The molecule has 4 heteroatoms. The molecule has 4 aliphatic carbocycles. The van der Waals surface area contributed by atoms with Gasteiger partial charge < -0.3 is 4.74 Å². The van der Waals surface area contributed by atoms with Gasteiger partial charge in [-0.2, -0.15) is 11.3 Å². The lowest BCUT2D eigenvalue weighted by Crippen LogP contribution is -2.50. The average molecular weight is 313 g/mol. The van der Waals surface area contributed by atoms with E-state index in [4.69, 9.17) is 4.74 Å². The Labute approximate surface area is 134 Å². The second-order valence-electron chi connectivity index (χ2n) is 7.59. The predicted molar refractivity (Wildman–Crippen MR) is 86.4 cm³/mol. The lowest BCUT2D eigenvalue weighted by Gasteiger charge is -2.55. The van der Waals surface area contributed by atoms with Crippen LogP contribution in [0.25, 0.3) is 6.08 Å². The molecule has 0 amide bonds. The minimum Gasteiger partial charge on any atom is -0.406 e. The maximum absolute atomic E-state index is 12.2. The van der Waals surface area contributed by atoms with Crippen LogP contribution in [0.5, 0.6) is 0 Å². The van der Waals surface area contributed by atoms with Crippen LogP contribution in [0.1, 0.15) is 44.1 Å². The third-order valence-electron chi connectivity index (χ3n) is 5.96. The fourth-order valence-electron chi connectivity index (χ4n) is 5.52. The van der Waals surface area contributed by atoms with E-state index in [0.717, 1.165) is 29.2 Å². The number of rotatable bonds is 2. The lowest BCUT2D eigenvalue weighted by molar-refractivity contribution is -0.131. The number of ether oxygens (including phenoxy) is 1. The third-order valence-corrected chi connectivity index (χ3v) is 6.66. The number of hydrogen-bond donors (Lipinski definition) is 0. The van der Waals surface area contributed by atoms with E-state index in [0.29, 0.717) is 5.70 Å². The van der Waals surface area contributed by atoms with Crippen LogP contribution < -0.4 is 0 Å². The maximum Gasteiger partial charge on any atom is 0.363 e. The molecule has 1 aromatic heterocycles. The number of nitrogens with zero attached hydrogens (tertiary/aromatic N) is 1. The number of carbonyl (C=O) groups excluding carboxylic acids is 1. The molecule has 5 aliphatic rings. The molecule has 3 nitrogen and oxygen atoms in total. The van der Waals surface area contributed by atoms with E-state index in [1.807, 2.05) is 22.9 Å². The summed E-state index contributed by atoms with van der Waals surface area (Å²) in [4.78, 5) is 16.8. The Hall–Kier alpha value is -1.42. The molecule has 0 unspecified atom stereocenters. The third kappa shape index (κ3) is 1.93. The zero-order valence-corrected chi connectivity index (χ0v) is 13.3. The minimum atomic E-state index is -0.267. The number of carbonyl (C=O) groups is 1. The zero-order chi connectivity index (χ0) is 14.7. The lowest BCUT2D eigenvalue weighted by atomic mass is 9.49. The molecule has 1 aromatic rings. The standard InChI is InChI=1S/C18H19NO2S/c20-16-15(6-11-1-2-22-10-11)19-17(21-16)18-7-12-3-13(8-18)5-14(4-12)9-18/h1-2,6,10,12-14H,3-5,7-9H2. The summed E-state index contributed by atoms with van der Waals surface area (Å²) in [5.41, 5.74) is 1.57. The molecule has 2 heterocycles. The summed E-state index contributed by atoms with van der Waals surface area (Å²) in [6.07, 6.45) is 9.55. The van der Waals surface area contributed by atoms with Crippen molar-refractivity contribution >= 4 is 29.3 Å². The summed E-state index contributed by atoms with van der Waals surface area (Å²) in [5, 5.41) is 4.04. The molecular formula is C18H19NO2S. The first-order chi connectivity index (χ1) is 10.7. The molecule has 0 aromatic carbocycles. The number of esters is 1. The van der Waals surface area contributed by atoms with Crippen molar-refractivity contribution in [2.45, 2.75) is 38.5 Å². The minimum absolute atomic E-state index is 0.0641. The van der Waals surface area contributed by atoms with Gasteiger partial charge in [-0.3, -0.25) is 0 Å². The highest BCUT2D eigenvalue weighted by atomic mass is 32.1. The Morgan fingerprint density at radius 3 is 2.45 bits per heavy atom. The molecule has 114 valence electrons. The van der Waals surface area contributed by atoms with E-state index in [1.165, 1.54) is 38.5 Å². The number of thiophene rings is 1. The van der Waals surface area contributed by atoms with Crippen molar-refractivity contribution < 1.29 is 9.53 Å². The van der Waals surface area contributed by atoms with Crippen molar-refractivity contribution in [3.8, 4) is 0 Å². The van der Waals surface area contributed by atoms with Crippen LogP contribution in [-0.4, -0.2) is 11.9 Å². The van der Waals surface area contributed by atoms with Crippen LogP contribution in [-0.2, 0) is 9.53 Å². The zero-order valence-electron chi connectivity index (χ0n) is 12.5. The quantitative estimate of drug-likeness (QED) is 0.604. The molecule has 0 radical (unpaired) electrons. The molecule has 22 heavy (non-hydrogen) atoms. The molecule has 4 saturated carbocycles. The first-order valence-corrected chi connectivity index (χ1v) is 9.20. The number of cyclic esters (lactones) is 1. The smallest absolute Gasteiger partial charge is 0.363 e. The SMILES string of the molecule is O=C1OC(C23CC4CC(CC(C4)C2)C3)=NC1=Cc1ccsc1. The summed E-state index contributed by atoms with van der Waals surface area (Å²) >= 11 is 1.63. The van der Waals surface area contributed by atoms with Crippen molar-refractivity contribution in [2.75, 3.05) is 0 Å². The Morgan fingerprint density at radius 1 is 1.18 bits per heavy atom. The van der Waals surface area contributed by atoms with E-state index >= 15 is 0 Å². The molecule has 0 spiro atoms. The van der Waals surface area contributed by atoms with Crippen LogP contribution in [0.15, 0.2) is 27.5 Å². The van der Waals surface area contributed by atoms with Crippen molar-refractivity contribution in [1.29, 1.82) is 0 Å². The maximum atomic E-state index is 12.2. The highest BCUT2D eigenvalue weighted by Crippen LogP contribution is 2.61. The molecule has 0 N–H and O–H groups in total. The van der Waals surface area contributed by atoms with Crippen LogP contribution in [0.2, 0.25) is 0 Å². The van der Waals surface area contributed by atoms with Gasteiger partial charge >= 0.3 is 5.97 Å². The molecule has 1 aliphatic heterocycles. The first-order valence-electron chi connectivity index (χ1n) is 8.25. The van der Waals surface area contributed by atoms with Crippen LogP contribution in [0.3, 0.4) is 0 Å².